The van der Waals surface area contributed by atoms with Gasteiger partial charge in [-0.2, -0.15) is 0 Å². The topological polar surface area (TPSA) is 12.0 Å². The van der Waals surface area contributed by atoms with Crippen LogP contribution in [0.4, 0.5) is 4.39 Å². The molecule has 0 radical (unpaired) electrons. The lowest BCUT2D eigenvalue weighted by atomic mass is 10.0. The Balaban J connectivity index is 2.18. The predicted molar refractivity (Wildman–Crippen MR) is 81.1 cm³/mol. The molecule has 1 rings (SSSR count). The van der Waals surface area contributed by atoms with Gasteiger partial charge in [-0.15, -0.1) is 0 Å². The van der Waals surface area contributed by atoms with Gasteiger partial charge in [0.15, 0.2) is 0 Å². The van der Waals surface area contributed by atoms with E-state index >= 15 is 0 Å². The van der Waals surface area contributed by atoms with Gasteiger partial charge in [0.25, 0.3) is 0 Å². The molecule has 1 nitrogen and oxygen atoms in total. The molecule has 1 unspecified atom stereocenters. The van der Waals surface area contributed by atoms with Crippen molar-refractivity contribution in [2.75, 3.05) is 6.54 Å². The summed E-state index contributed by atoms with van der Waals surface area (Å²) in [5.74, 6) is -0.140. The summed E-state index contributed by atoms with van der Waals surface area (Å²) in [6, 6.07) is 5.65. The van der Waals surface area contributed by atoms with E-state index in [9.17, 15) is 4.39 Å². The van der Waals surface area contributed by atoms with Crippen molar-refractivity contribution in [2.45, 2.75) is 65.3 Å². The first-order chi connectivity index (χ1) is 9.13. The largest absolute Gasteiger partial charge is 0.314 e. The maximum absolute atomic E-state index is 13.0. The van der Waals surface area contributed by atoms with Crippen LogP contribution in [0, 0.1) is 12.7 Å². The van der Waals surface area contributed by atoms with E-state index in [-0.39, 0.29) is 5.82 Å². The van der Waals surface area contributed by atoms with Gasteiger partial charge in [-0.05, 0) is 56.5 Å². The highest BCUT2D eigenvalue weighted by Crippen LogP contribution is 2.11. The minimum atomic E-state index is -0.140. The molecule has 2 heteroatoms. The molecule has 0 aliphatic carbocycles. The zero-order chi connectivity index (χ0) is 14.1. The van der Waals surface area contributed by atoms with Crippen molar-refractivity contribution in [3.63, 3.8) is 0 Å². The van der Waals surface area contributed by atoms with E-state index in [1.165, 1.54) is 37.7 Å². The zero-order valence-corrected chi connectivity index (χ0v) is 12.6. The van der Waals surface area contributed by atoms with Crippen LogP contribution >= 0.6 is 0 Å². The number of benzene rings is 1. The van der Waals surface area contributed by atoms with E-state index in [2.05, 4.69) is 19.2 Å². The summed E-state index contributed by atoms with van der Waals surface area (Å²) in [6.45, 7) is 7.45. The van der Waals surface area contributed by atoms with Gasteiger partial charge in [-0.3, -0.25) is 0 Å². The monoisotopic (exact) mass is 265 g/mol. The molecular formula is C17H28FN. The molecule has 0 amide bonds. The van der Waals surface area contributed by atoms with Crippen LogP contribution in [-0.2, 0) is 6.42 Å². The SMILES string of the molecule is CCCCCCC(C)NCCc1ccc(F)cc1C. The quantitative estimate of drug-likeness (QED) is 0.642. The Bertz CT molecular complexity index is 362. The van der Waals surface area contributed by atoms with E-state index in [0.717, 1.165) is 18.5 Å². The van der Waals surface area contributed by atoms with E-state index in [1.54, 1.807) is 12.1 Å². The van der Waals surface area contributed by atoms with Crippen molar-refractivity contribution in [3.8, 4) is 0 Å². The fourth-order valence-corrected chi connectivity index (χ4v) is 2.37. The number of aryl methyl sites for hydroxylation is 1. The highest BCUT2D eigenvalue weighted by Gasteiger charge is 2.03. The fourth-order valence-electron chi connectivity index (χ4n) is 2.37. The van der Waals surface area contributed by atoms with Crippen molar-refractivity contribution >= 4 is 0 Å². The third-order valence-electron chi connectivity index (χ3n) is 3.68. The van der Waals surface area contributed by atoms with Crippen LogP contribution in [0.15, 0.2) is 18.2 Å². The highest BCUT2D eigenvalue weighted by atomic mass is 19.1. The summed E-state index contributed by atoms with van der Waals surface area (Å²) in [5.41, 5.74) is 2.30. The predicted octanol–water partition coefficient (Wildman–Crippen LogP) is 4.63. The summed E-state index contributed by atoms with van der Waals surface area (Å²) in [7, 11) is 0. The number of hydrogen-bond donors (Lipinski definition) is 1. The summed E-state index contributed by atoms with van der Waals surface area (Å²) >= 11 is 0. The molecule has 108 valence electrons. The third kappa shape index (κ3) is 6.72. The maximum Gasteiger partial charge on any atom is 0.123 e. The average molecular weight is 265 g/mol. The molecule has 0 aromatic heterocycles. The van der Waals surface area contributed by atoms with Gasteiger partial charge < -0.3 is 5.32 Å². The molecule has 0 heterocycles. The van der Waals surface area contributed by atoms with Gasteiger partial charge >= 0.3 is 0 Å². The second-order valence-electron chi connectivity index (χ2n) is 5.53. The Kier molecular flexibility index (Phi) is 7.73. The van der Waals surface area contributed by atoms with Crippen LogP contribution in [0.5, 0.6) is 0 Å². The first-order valence-corrected chi connectivity index (χ1v) is 7.62. The molecule has 1 N–H and O–H groups in total. The summed E-state index contributed by atoms with van der Waals surface area (Å²) in [6.07, 6.45) is 7.54. The van der Waals surface area contributed by atoms with Gasteiger partial charge in [0, 0.05) is 6.04 Å². The van der Waals surface area contributed by atoms with Gasteiger partial charge in [0.2, 0.25) is 0 Å². The Morgan fingerprint density at radius 2 is 2.00 bits per heavy atom. The summed E-state index contributed by atoms with van der Waals surface area (Å²) in [5, 5.41) is 3.56. The Morgan fingerprint density at radius 1 is 1.21 bits per heavy atom. The van der Waals surface area contributed by atoms with Crippen molar-refractivity contribution in [1.29, 1.82) is 0 Å². The van der Waals surface area contributed by atoms with E-state index < -0.39 is 0 Å². The molecule has 0 fully saturated rings. The summed E-state index contributed by atoms with van der Waals surface area (Å²) in [4.78, 5) is 0. The lowest BCUT2D eigenvalue weighted by Crippen LogP contribution is -2.28. The normalized spacial score (nSPS) is 12.6. The first-order valence-electron chi connectivity index (χ1n) is 7.62. The zero-order valence-electron chi connectivity index (χ0n) is 12.6. The smallest absolute Gasteiger partial charge is 0.123 e. The molecule has 0 bridgehead atoms. The second kappa shape index (κ2) is 9.08. The van der Waals surface area contributed by atoms with Gasteiger partial charge in [-0.1, -0.05) is 38.7 Å². The van der Waals surface area contributed by atoms with Crippen molar-refractivity contribution in [3.05, 3.63) is 35.1 Å². The molecule has 19 heavy (non-hydrogen) atoms. The van der Waals surface area contributed by atoms with Crippen LogP contribution in [-0.4, -0.2) is 12.6 Å². The number of halogens is 1. The standard InChI is InChI=1S/C17H28FN/c1-4-5-6-7-8-15(3)19-12-11-16-9-10-17(18)13-14(16)2/h9-10,13,15,19H,4-8,11-12H2,1-3H3. The minimum absolute atomic E-state index is 0.140. The number of rotatable bonds is 9. The van der Waals surface area contributed by atoms with Crippen molar-refractivity contribution in [1.82, 2.24) is 5.32 Å². The average Bonchev–Trinajstić information content (AvgIpc) is 2.37. The second-order valence-corrected chi connectivity index (χ2v) is 5.53. The molecule has 0 saturated heterocycles. The lowest BCUT2D eigenvalue weighted by molar-refractivity contribution is 0.485. The maximum atomic E-state index is 13.0. The first kappa shape index (κ1) is 16.2. The van der Waals surface area contributed by atoms with E-state index in [1.807, 2.05) is 13.0 Å². The van der Waals surface area contributed by atoms with Crippen LogP contribution in [0.25, 0.3) is 0 Å². The Labute approximate surface area is 117 Å². The van der Waals surface area contributed by atoms with Crippen LogP contribution in [0.2, 0.25) is 0 Å². The van der Waals surface area contributed by atoms with Gasteiger partial charge in [0.05, 0.1) is 0 Å². The number of hydrogen-bond acceptors (Lipinski definition) is 1. The molecule has 0 aliphatic heterocycles. The summed E-state index contributed by atoms with van der Waals surface area (Å²) < 4.78 is 13.0. The van der Waals surface area contributed by atoms with Gasteiger partial charge in [-0.25, -0.2) is 4.39 Å². The number of nitrogens with one attached hydrogen (secondary N) is 1. The molecule has 0 aliphatic rings. The van der Waals surface area contributed by atoms with Crippen LogP contribution in [0.3, 0.4) is 0 Å². The molecule has 0 spiro atoms. The molecular weight excluding hydrogens is 237 g/mol. The third-order valence-corrected chi connectivity index (χ3v) is 3.68. The fraction of sp³-hybridized carbons (Fsp3) is 0.647. The molecule has 1 aromatic carbocycles. The van der Waals surface area contributed by atoms with Crippen LogP contribution < -0.4 is 5.32 Å². The van der Waals surface area contributed by atoms with Crippen molar-refractivity contribution in [2.24, 2.45) is 0 Å². The number of unbranched alkanes of at least 4 members (excludes halogenated alkanes) is 3. The molecule has 0 saturated carbocycles. The Hall–Kier alpha value is -0.890. The van der Waals surface area contributed by atoms with Crippen LogP contribution in [0.1, 0.15) is 57.1 Å². The molecule has 1 aromatic rings. The Morgan fingerprint density at radius 3 is 2.68 bits per heavy atom. The highest BCUT2D eigenvalue weighted by molar-refractivity contribution is 5.26. The van der Waals surface area contributed by atoms with E-state index in [0.29, 0.717) is 6.04 Å². The lowest BCUT2D eigenvalue weighted by Gasteiger charge is -2.14. The molecule has 1 atom stereocenters. The van der Waals surface area contributed by atoms with E-state index in [4.69, 9.17) is 0 Å². The minimum Gasteiger partial charge on any atom is -0.314 e. The van der Waals surface area contributed by atoms with Crippen molar-refractivity contribution < 1.29 is 4.39 Å². The van der Waals surface area contributed by atoms with Gasteiger partial charge in [0.1, 0.15) is 5.82 Å².